The van der Waals surface area contributed by atoms with Gasteiger partial charge in [0.05, 0.1) is 5.57 Å². The van der Waals surface area contributed by atoms with E-state index in [9.17, 15) is 9.59 Å². The van der Waals surface area contributed by atoms with Gasteiger partial charge in [-0.15, -0.1) is 0 Å². The van der Waals surface area contributed by atoms with Crippen molar-refractivity contribution in [2.45, 2.75) is 38.9 Å². The molecule has 0 aromatic heterocycles. The van der Waals surface area contributed by atoms with Crippen LogP contribution in [0.5, 0.6) is 0 Å². The lowest BCUT2D eigenvalue weighted by atomic mass is 9.83. The molecule has 0 saturated heterocycles. The number of carbonyl (C=O) groups excluding carboxylic acids is 2. The third-order valence-electron chi connectivity index (χ3n) is 4.00. The number of rotatable bonds is 2. The minimum Gasteiger partial charge on any atom is -0.452 e. The Hall–Kier alpha value is -2.36. The molecule has 22 heavy (non-hydrogen) atoms. The van der Waals surface area contributed by atoms with Crippen LogP contribution in [-0.4, -0.2) is 23.1 Å². The molecule has 2 aliphatic rings. The molecule has 2 aliphatic heterocycles. The number of esters is 2. The molecule has 0 fully saturated rings. The summed E-state index contributed by atoms with van der Waals surface area (Å²) in [5.41, 5.74) is 1.11. The summed E-state index contributed by atoms with van der Waals surface area (Å²) < 4.78 is 10.8. The predicted octanol–water partition coefficient (Wildman–Crippen LogP) is 3.04. The quantitative estimate of drug-likeness (QED) is 0.788. The van der Waals surface area contributed by atoms with Gasteiger partial charge in [0.2, 0.25) is 0 Å². The molecule has 0 saturated carbocycles. The topological polar surface area (TPSA) is 52.6 Å². The Balaban J connectivity index is 2.27. The summed E-state index contributed by atoms with van der Waals surface area (Å²) in [7, 11) is 0. The standard InChI is InChI=1S/C18H18O4/c1-17(2)12(10-13(19)21-17)14-15(11-8-6-5-7-9-11)18(3,4)22-16(14)20/h5-10H,1-4H3. The maximum Gasteiger partial charge on any atom is 0.339 e. The highest BCUT2D eigenvalue weighted by atomic mass is 16.6. The number of ether oxygens (including phenoxy) is 2. The van der Waals surface area contributed by atoms with E-state index in [0.29, 0.717) is 11.1 Å². The maximum absolute atomic E-state index is 12.5. The van der Waals surface area contributed by atoms with E-state index in [1.807, 2.05) is 44.2 Å². The van der Waals surface area contributed by atoms with Gasteiger partial charge in [0.1, 0.15) is 11.2 Å². The van der Waals surface area contributed by atoms with Gasteiger partial charge < -0.3 is 9.47 Å². The van der Waals surface area contributed by atoms with E-state index in [1.54, 1.807) is 13.8 Å². The molecule has 114 valence electrons. The summed E-state index contributed by atoms with van der Waals surface area (Å²) >= 11 is 0. The molecule has 1 aromatic carbocycles. The SMILES string of the molecule is CC1(C)OC(=O)C=C1C1=C(c2ccccc2)C(C)(C)OC1=O. The molecule has 0 radical (unpaired) electrons. The summed E-state index contributed by atoms with van der Waals surface area (Å²) in [6, 6.07) is 9.61. The van der Waals surface area contributed by atoms with Crippen molar-refractivity contribution >= 4 is 17.5 Å². The second-order valence-electron chi connectivity index (χ2n) is 6.51. The Labute approximate surface area is 129 Å². The summed E-state index contributed by atoms with van der Waals surface area (Å²) in [5, 5.41) is 0. The van der Waals surface area contributed by atoms with E-state index in [1.165, 1.54) is 6.08 Å². The average molecular weight is 298 g/mol. The first-order valence-electron chi connectivity index (χ1n) is 7.21. The van der Waals surface area contributed by atoms with Gasteiger partial charge in [-0.2, -0.15) is 0 Å². The molecule has 0 aliphatic carbocycles. The summed E-state index contributed by atoms with van der Waals surface area (Å²) in [6.07, 6.45) is 1.39. The van der Waals surface area contributed by atoms with Gasteiger partial charge in [0.25, 0.3) is 0 Å². The molecule has 4 heteroatoms. The van der Waals surface area contributed by atoms with Gasteiger partial charge in [-0.3, -0.25) is 0 Å². The lowest BCUT2D eigenvalue weighted by molar-refractivity contribution is -0.146. The van der Waals surface area contributed by atoms with Crippen LogP contribution in [0.15, 0.2) is 47.6 Å². The highest BCUT2D eigenvalue weighted by Crippen LogP contribution is 2.46. The minimum atomic E-state index is -0.841. The first kappa shape index (κ1) is 14.6. The largest absolute Gasteiger partial charge is 0.452 e. The number of hydrogen-bond acceptors (Lipinski definition) is 4. The molecule has 0 unspecified atom stereocenters. The second-order valence-corrected chi connectivity index (χ2v) is 6.51. The lowest BCUT2D eigenvalue weighted by Gasteiger charge is -2.23. The highest BCUT2D eigenvalue weighted by Gasteiger charge is 2.48. The van der Waals surface area contributed by atoms with Crippen molar-refractivity contribution in [3.05, 3.63) is 53.1 Å². The smallest absolute Gasteiger partial charge is 0.339 e. The lowest BCUT2D eigenvalue weighted by Crippen LogP contribution is -2.25. The monoisotopic (exact) mass is 298 g/mol. The van der Waals surface area contributed by atoms with Gasteiger partial charge in [0, 0.05) is 17.2 Å². The zero-order valence-corrected chi connectivity index (χ0v) is 13.1. The zero-order valence-electron chi connectivity index (χ0n) is 13.1. The van der Waals surface area contributed by atoms with Crippen LogP contribution < -0.4 is 0 Å². The minimum absolute atomic E-state index is 0.415. The molecule has 0 bridgehead atoms. The second kappa shape index (κ2) is 4.57. The Morgan fingerprint density at radius 3 is 2.05 bits per heavy atom. The molecular weight excluding hydrogens is 280 g/mol. The van der Waals surface area contributed by atoms with Crippen molar-refractivity contribution in [3.63, 3.8) is 0 Å². The van der Waals surface area contributed by atoms with Crippen LogP contribution in [0.4, 0.5) is 0 Å². The summed E-state index contributed by atoms with van der Waals surface area (Å²) in [6.45, 7) is 7.26. The molecule has 4 nitrogen and oxygen atoms in total. The summed E-state index contributed by atoms with van der Waals surface area (Å²) in [5.74, 6) is -0.848. The van der Waals surface area contributed by atoms with Crippen molar-refractivity contribution in [2.24, 2.45) is 0 Å². The molecular formula is C18H18O4. The van der Waals surface area contributed by atoms with Gasteiger partial charge in [0.15, 0.2) is 0 Å². The van der Waals surface area contributed by atoms with Crippen molar-refractivity contribution in [1.82, 2.24) is 0 Å². The normalized spacial score (nSPS) is 22.5. The number of hydrogen-bond donors (Lipinski definition) is 0. The maximum atomic E-state index is 12.5. The van der Waals surface area contributed by atoms with Crippen molar-refractivity contribution in [3.8, 4) is 0 Å². The van der Waals surface area contributed by atoms with Gasteiger partial charge in [-0.1, -0.05) is 30.3 Å². The van der Waals surface area contributed by atoms with E-state index in [0.717, 1.165) is 11.1 Å². The van der Waals surface area contributed by atoms with Gasteiger partial charge in [-0.25, -0.2) is 9.59 Å². The fourth-order valence-electron chi connectivity index (χ4n) is 3.08. The number of benzene rings is 1. The first-order valence-corrected chi connectivity index (χ1v) is 7.21. The molecule has 1 aromatic rings. The van der Waals surface area contributed by atoms with Crippen molar-refractivity contribution in [2.75, 3.05) is 0 Å². The highest BCUT2D eigenvalue weighted by molar-refractivity contribution is 6.10. The van der Waals surface area contributed by atoms with E-state index in [4.69, 9.17) is 9.47 Å². The van der Waals surface area contributed by atoms with Crippen molar-refractivity contribution < 1.29 is 19.1 Å². The first-order chi connectivity index (χ1) is 10.2. The van der Waals surface area contributed by atoms with E-state index in [2.05, 4.69) is 0 Å². The third kappa shape index (κ3) is 2.15. The average Bonchev–Trinajstić information content (AvgIpc) is 2.81. The Morgan fingerprint density at radius 2 is 1.50 bits per heavy atom. The molecule has 0 amide bonds. The molecule has 3 rings (SSSR count). The Kier molecular flexibility index (Phi) is 3.02. The van der Waals surface area contributed by atoms with Crippen LogP contribution >= 0.6 is 0 Å². The van der Waals surface area contributed by atoms with Crippen LogP contribution in [0.2, 0.25) is 0 Å². The fraction of sp³-hybridized carbons (Fsp3) is 0.333. The van der Waals surface area contributed by atoms with E-state index >= 15 is 0 Å². The van der Waals surface area contributed by atoms with Gasteiger partial charge >= 0.3 is 11.9 Å². The van der Waals surface area contributed by atoms with Crippen LogP contribution in [0.3, 0.4) is 0 Å². The zero-order chi connectivity index (χ0) is 16.1. The van der Waals surface area contributed by atoms with E-state index < -0.39 is 23.1 Å². The predicted molar refractivity (Wildman–Crippen MR) is 81.8 cm³/mol. The molecule has 0 N–H and O–H groups in total. The van der Waals surface area contributed by atoms with Gasteiger partial charge in [-0.05, 0) is 33.3 Å². The third-order valence-corrected chi connectivity index (χ3v) is 4.00. The number of cyclic esters (lactones) is 2. The summed E-state index contributed by atoms with van der Waals surface area (Å²) in [4.78, 5) is 24.1. The molecule has 0 atom stereocenters. The van der Waals surface area contributed by atoms with Crippen LogP contribution in [0.1, 0.15) is 33.3 Å². The molecule has 2 heterocycles. The van der Waals surface area contributed by atoms with Crippen molar-refractivity contribution in [1.29, 1.82) is 0 Å². The molecule has 0 spiro atoms. The Bertz CT molecular complexity index is 721. The van der Waals surface area contributed by atoms with Crippen LogP contribution in [0, 0.1) is 0 Å². The fourth-order valence-corrected chi connectivity index (χ4v) is 3.08. The Morgan fingerprint density at radius 1 is 0.864 bits per heavy atom. The van der Waals surface area contributed by atoms with Crippen LogP contribution in [-0.2, 0) is 19.1 Å². The van der Waals surface area contributed by atoms with Crippen LogP contribution in [0.25, 0.3) is 5.57 Å². The number of carbonyl (C=O) groups is 2. The van der Waals surface area contributed by atoms with E-state index in [-0.39, 0.29) is 0 Å².